The highest BCUT2D eigenvalue weighted by atomic mass is 35.5. The van der Waals surface area contributed by atoms with Crippen LogP contribution < -0.4 is 21.7 Å². The van der Waals surface area contributed by atoms with Crippen LogP contribution in [0.15, 0.2) is 24.3 Å². The van der Waals surface area contributed by atoms with Crippen molar-refractivity contribution < 1.29 is 14.4 Å². The summed E-state index contributed by atoms with van der Waals surface area (Å²) in [5, 5.41) is 7.77. The Kier molecular flexibility index (Phi) is 5.63. The lowest BCUT2D eigenvalue weighted by atomic mass is 9.74. The molecule has 2 fully saturated rings. The molecule has 7 nitrogen and oxygen atoms in total. The van der Waals surface area contributed by atoms with E-state index in [-0.39, 0.29) is 24.2 Å². The molecule has 1 aliphatic carbocycles. The van der Waals surface area contributed by atoms with Crippen LogP contribution in [-0.4, -0.2) is 23.4 Å². The minimum absolute atomic E-state index is 0. The molecule has 3 unspecified atom stereocenters. The number of carbonyl (C=O) groups is 3. The van der Waals surface area contributed by atoms with Crippen molar-refractivity contribution in [2.24, 2.45) is 11.7 Å². The van der Waals surface area contributed by atoms with Gasteiger partial charge in [-0.3, -0.25) is 14.9 Å². The standard InChI is InChI=1S/C18H24N4O3.ClH/c1-17(19)9-4-3-8-13(17)14(23)20-12-7-5-6-11(10-12)18(2)15(24)21-16(25)22-18;/h5-7,10,13H,3-4,8-9,19H2,1-2H3,(H,20,23)(H2,21,22,24,25);1H. The predicted molar refractivity (Wildman–Crippen MR) is 101 cm³/mol. The lowest BCUT2D eigenvalue weighted by Crippen LogP contribution is -2.51. The number of benzene rings is 1. The fourth-order valence-corrected chi connectivity index (χ4v) is 3.67. The molecule has 0 aromatic heterocycles. The molecule has 4 amide bonds. The van der Waals surface area contributed by atoms with Gasteiger partial charge in [0, 0.05) is 11.2 Å². The van der Waals surface area contributed by atoms with Gasteiger partial charge in [-0.1, -0.05) is 25.0 Å². The van der Waals surface area contributed by atoms with Crippen LogP contribution in [0.2, 0.25) is 0 Å². The number of urea groups is 1. The van der Waals surface area contributed by atoms with Gasteiger partial charge in [-0.15, -0.1) is 12.4 Å². The van der Waals surface area contributed by atoms with Crippen LogP contribution in [0.3, 0.4) is 0 Å². The number of hydrogen-bond donors (Lipinski definition) is 4. The van der Waals surface area contributed by atoms with Crippen LogP contribution >= 0.6 is 12.4 Å². The lowest BCUT2D eigenvalue weighted by molar-refractivity contribution is -0.124. The number of amides is 4. The summed E-state index contributed by atoms with van der Waals surface area (Å²) in [7, 11) is 0. The summed E-state index contributed by atoms with van der Waals surface area (Å²) < 4.78 is 0. The zero-order chi connectivity index (χ0) is 18.2. The second-order valence-corrected chi connectivity index (χ2v) is 7.41. The molecule has 1 heterocycles. The summed E-state index contributed by atoms with van der Waals surface area (Å²) >= 11 is 0. The SMILES string of the molecule is CC1(c2cccc(NC(=O)C3CCCCC3(C)N)c2)NC(=O)NC1=O.Cl. The molecule has 1 aromatic rings. The van der Waals surface area contributed by atoms with Gasteiger partial charge in [0.2, 0.25) is 5.91 Å². The Morgan fingerprint density at radius 2 is 2.00 bits per heavy atom. The number of anilines is 1. The normalized spacial score (nSPS) is 30.8. The number of hydrogen-bond acceptors (Lipinski definition) is 4. The van der Waals surface area contributed by atoms with Gasteiger partial charge in [0.15, 0.2) is 0 Å². The van der Waals surface area contributed by atoms with E-state index >= 15 is 0 Å². The van der Waals surface area contributed by atoms with Crippen molar-refractivity contribution in [3.63, 3.8) is 0 Å². The van der Waals surface area contributed by atoms with Crippen LogP contribution in [0.5, 0.6) is 0 Å². The maximum Gasteiger partial charge on any atom is 0.322 e. The summed E-state index contributed by atoms with van der Waals surface area (Å²) in [4.78, 5) is 36.2. The molecule has 0 bridgehead atoms. The molecular formula is C18H25ClN4O3. The maximum absolute atomic E-state index is 12.7. The second-order valence-electron chi connectivity index (χ2n) is 7.41. The van der Waals surface area contributed by atoms with Gasteiger partial charge in [-0.2, -0.15) is 0 Å². The van der Waals surface area contributed by atoms with E-state index in [4.69, 9.17) is 5.73 Å². The molecule has 5 N–H and O–H groups in total. The van der Waals surface area contributed by atoms with Gasteiger partial charge in [-0.25, -0.2) is 4.79 Å². The van der Waals surface area contributed by atoms with Crippen molar-refractivity contribution in [3.8, 4) is 0 Å². The quantitative estimate of drug-likeness (QED) is 0.600. The molecule has 1 saturated carbocycles. The first-order chi connectivity index (χ1) is 11.7. The zero-order valence-corrected chi connectivity index (χ0v) is 15.7. The molecule has 3 rings (SSSR count). The third-order valence-corrected chi connectivity index (χ3v) is 5.32. The minimum atomic E-state index is -1.15. The largest absolute Gasteiger partial charge is 0.326 e. The van der Waals surface area contributed by atoms with Crippen LogP contribution in [0.25, 0.3) is 0 Å². The van der Waals surface area contributed by atoms with Crippen LogP contribution in [0.4, 0.5) is 10.5 Å². The van der Waals surface area contributed by atoms with E-state index in [0.717, 1.165) is 25.7 Å². The number of nitrogens with one attached hydrogen (secondary N) is 3. The van der Waals surface area contributed by atoms with E-state index in [1.54, 1.807) is 31.2 Å². The lowest BCUT2D eigenvalue weighted by Gasteiger charge is -2.37. The summed E-state index contributed by atoms with van der Waals surface area (Å²) in [6, 6.07) is 6.43. The molecular weight excluding hydrogens is 356 g/mol. The summed E-state index contributed by atoms with van der Waals surface area (Å²) in [5.74, 6) is -0.760. The van der Waals surface area contributed by atoms with Gasteiger partial charge in [0.05, 0.1) is 5.92 Å². The molecule has 2 aliphatic rings. The van der Waals surface area contributed by atoms with Crippen LogP contribution in [0, 0.1) is 5.92 Å². The number of carbonyl (C=O) groups excluding carboxylic acids is 3. The minimum Gasteiger partial charge on any atom is -0.326 e. The molecule has 26 heavy (non-hydrogen) atoms. The van der Waals surface area contributed by atoms with E-state index in [0.29, 0.717) is 11.3 Å². The zero-order valence-electron chi connectivity index (χ0n) is 14.9. The van der Waals surface area contributed by atoms with Crippen molar-refractivity contribution in [3.05, 3.63) is 29.8 Å². The third kappa shape index (κ3) is 3.68. The van der Waals surface area contributed by atoms with E-state index in [2.05, 4.69) is 16.0 Å². The Balaban J connectivity index is 0.00000243. The maximum atomic E-state index is 12.7. The Morgan fingerprint density at radius 1 is 1.27 bits per heavy atom. The number of nitrogens with two attached hydrogens (primary N) is 1. The number of imide groups is 1. The molecule has 1 aliphatic heterocycles. The van der Waals surface area contributed by atoms with Crippen LogP contribution in [-0.2, 0) is 15.1 Å². The van der Waals surface area contributed by atoms with E-state index < -0.39 is 23.0 Å². The van der Waals surface area contributed by atoms with Crippen molar-refractivity contribution in [2.45, 2.75) is 50.6 Å². The average molecular weight is 381 g/mol. The van der Waals surface area contributed by atoms with Crippen molar-refractivity contribution in [1.82, 2.24) is 10.6 Å². The number of halogens is 1. The van der Waals surface area contributed by atoms with Crippen LogP contribution in [0.1, 0.15) is 45.1 Å². The van der Waals surface area contributed by atoms with Crippen molar-refractivity contribution in [2.75, 3.05) is 5.32 Å². The Bertz CT molecular complexity index is 737. The molecule has 0 radical (unpaired) electrons. The predicted octanol–water partition coefficient (Wildman–Crippen LogP) is 2.01. The van der Waals surface area contributed by atoms with Gasteiger partial charge >= 0.3 is 6.03 Å². The molecule has 1 saturated heterocycles. The van der Waals surface area contributed by atoms with E-state index in [9.17, 15) is 14.4 Å². The highest BCUT2D eigenvalue weighted by Crippen LogP contribution is 2.33. The van der Waals surface area contributed by atoms with E-state index in [1.807, 2.05) is 6.92 Å². The second kappa shape index (κ2) is 7.25. The van der Waals surface area contributed by atoms with Crippen molar-refractivity contribution in [1.29, 1.82) is 0 Å². The third-order valence-electron chi connectivity index (χ3n) is 5.32. The van der Waals surface area contributed by atoms with Gasteiger partial charge in [-0.05, 0) is 44.4 Å². The fourth-order valence-electron chi connectivity index (χ4n) is 3.67. The Hall–Kier alpha value is -2.12. The molecule has 8 heteroatoms. The van der Waals surface area contributed by atoms with Crippen molar-refractivity contribution >= 4 is 35.9 Å². The van der Waals surface area contributed by atoms with Gasteiger partial charge in [0.1, 0.15) is 5.54 Å². The first-order valence-electron chi connectivity index (χ1n) is 8.56. The first-order valence-corrected chi connectivity index (χ1v) is 8.56. The topological polar surface area (TPSA) is 113 Å². The highest BCUT2D eigenvalue weighted by molar-refractivity contribution is 6.07. The Labute approximate surface area is 158 Å². The van der Waals surface area contributed by atoms with Gasteiger partial charge < -0.3 is 16.4 Å². The fraction of sp³-hybridized carbons (Fsp3) is 0.500. The average Bonchev–Trinajstić information content (AvgIpc) is 2.80. The molecule has 142 valence electrons. The monoisotopic (exact) mass is 380 g/mol. The highest BCUT2D eigenvalue weighted by Gasteiger charge is 2.43. The van der Waals surface area contributed by atoms with E-state index in [1.165, 1.54) is 0 Å². The first kappa shape index (κ1) is 20.2. The summed E-state index contributed by atoms with van der Waals surface area (Å²) in [6.07, 6.45) is 3.64. The number of rotatable bonds is 3. The van der Waals surface area contributed by atoms with Gasteiger partial charge in [0.25, 0.3) is 5.91 Å². The summed E-state index contributed by atoms with van der Waals surface area (Å²) in [6.45, 7) is 3.55. The summed E-state index contributed by atoms with van der Waals surface area (Å²) in [5.41, 5.74) is 5.83. The smallest absolute Gasteiger partial charge is 0.322 e. The Morgan fingerprint density at radius 3 is 2.62 bits per heavy atom. The molecule has 1 aromatic carbocycles. The molecule has 0 spiro atoms. The molecule has 3 atom stereocenters.